The number of ether oxygens (including phenoxy) is 2. The molecule has 1 aliphatic carbocycles. The first-order chi connectivity index (χ1) is 13.1. The molecule has 3 rings (SSSR count). The Morgan fingerprint density at radius 3 is 2.61 bits per heavy atom. The normalized spacial score (nSPS) is 22.8. The lowest BCUT2D eigenvalue weighted by molar-refractivity contribution is -0.000406. The molecule has 1 aliphatic heterocycles. The van der Waals surface area contributed by atoms with E-state index in [2.05, 4.69) is 0 Å². The summed E-state index contributed by atoms with van der Waals surface area (Å²) < 4.78 is 26.1. The van der Waals surface area contributed by atoms with Crippen molar-refractivity contribution in [2.24, 2.45) is 11.5 Å². The quantitative estimate of drug-likeness (QED) is 0.805. The number of carbonyl (C=O) groups is 2. The summed E-state index contributed by atoms with van der Waals surface area (Å²) in [4.78, 5) is 24.8. The van der Waals surface area contributed by atoms with Crippen molar-refractivity contribution >= 4 is 17.8 Å². The van der Waals surface area contributed by atoms with Crippen LogP contribution in [0.5, 0.6) is 0 Å². The fraction of sp³-hybridized carbons (Fsp3) is 0.400. The summed E-state index contributed by atoms with van der Waals surface area (Å²) >= 11 is 0. The highest BCUT2D eigenvalue weighted by Crippen LogP contribution is 2.44. The predicted octanol–water partition coefficient (Wildman–Crippen LogP) is 3.07. The van der Waals surface area contributed by atoms with Gasteiger partial charge in [0.05, 0.1) is 6.54 Å². The molecular weight excluding hydrogens is 365 g/mol. The van der Waals surface area contributed by atoms with Crippen LogP contribution in [0.3, 0.4) is 0 Å². The average Bonchev–Trinajstić information content (AvgIpc) is 3.02. The minimum absolute atomic E-state index is 0.00353. The summed E-state index contributed by atoms with van der Waals surface area (Å²) in [7, 11) is 0. The first kappa shape index (κ1) is 19.7. The monoisotopic (exact) mass is 389 g/mol. The Bertz CT molecular complexity index is 850. The van der Waals surface area contributed by atoms with Gasteiger partial charge in [-0.25, -0.2) is 14.0 Å². The maximum Gasteiger partial charge on any atom is 0.414 e. The molecule has 8 heteroatoms. The van der Waals surface area contributed by atoms with E-state index >= 15 is 4.39 Å². The molecule has 1 atom stereocenters. The largest absolute Gasteiger partial charge is 0.447 e. The smallest absolute Gasteiger partial charge is 0.414 e. The Kier molecular flexibility index (Phi) is 5.06. The first-order valence-corrected chi connectivity index (χ1v) is 8.99. The van der Waals surface area contributed by atoms with Crippen LogP contribution in [0, 0.1) is 0 Å². The van der Waals surface area contributed by atoms with Gasteiger partial charge in [-0.15, -0.1) is 0 Å². The van der Waals surface area contributed by atoms with Crippen molar-refractivity contribution in [2.75, 3.05) is 13.2 Å². The van der Waals surface area contributed by atoms with E-state index < -0.39 is 23.5 Å². The van der Waals surface area contributed by atoms with Crippen LogP contribution in [0.15, 0.2) is 47.8 Å². The fourth-order valence-corrected chi connectivity index (χ4v) is 3.73. The molecule has 1 unspecified atom stereocenters. The number of rotatable bonds is 5. The van der Waals surface area contributed by atoms with Gasteiger partial charge >= 0.3 is 12.2 Å². The topological polar surface area (TPSA) is 108 Å². The standard InChI is InChI=1S/C20H24FN3O4/c1-19(2,28-17(23)25)12-20(21)11-15(24-8-9-27-18(24)26)14(10-16(20)22)13-6-4-3-5-7-13/h3-7,10H,8-9,11-12,22H2,1-2H3,(H2,23,25). The third-order valence-electron chi connectivity index (χ3n) is 4.83. The number of halogens is 1. The van der Waals surface area contributed by atoms with Crippen LogP contribution < -0.4 is 11.5 Å². The molecule has 0 saturated carbocycles. The molecule has 1 fully saturated rings. The van der Waals surface area contributed by atoms with Gasteiger partial charge in [-0.1, -0.05) is 30.3 Å². The summed E-state index contributed by atoms with van der Waals surface area (Å²) in [5.41, 5.74) is 9.99. The maximum atomic E-state index is 16.0. The summed E-state index contributed by atoms with van der Waals surface area (Å²) in [5.74, 6) is 0. The molecule has 1 aromatic carbocycles. The van der Waals surface area contributed by atoms with Crippen molar-refractivity contribution in [2.45, 2.75) is 38.0 Å². The Labute approximate surface area is 162 Å². The zero-order valence-electron chi connectivity index (χ0n) is 15.9. The van der Waals surface area contributed by atoms with Gasteiger partial charge < -0.3 is 20.9 Å². The molecule has 0 aromatic heterocycles. The number of amides is 2. The van der Waals surface area contributed by atoms with Gasteiger partial charge in [0.1, 0.15) is 12.2 Å². The average molecular weight is 389 g/mol. The van der Waals surface area contributed by atoms with E-state index in [-0.39, 0.29) is 25.1 Å². The summed E-state index contributed by atoms with van der Waals surface area (Å²) in [6.07, 6.45) is -0.330. The van der Waals surface area contributed by atoms with E-state index in [0.29, 0.717) is 17.8 Å². The van der Waals surface area contributed by atoms with E-state index in [1.54, 1.807) is 19.9 Å². The molecule has 1 saturated heterocycles. The Balaban J connectivity index is 2.02. The first-order valence-electron chi connectivity index (χ1n) is 8.99. The van der Waals surface area contributed by atoms with Crippen LogP contribution in [0.1, 0.15) is 32.3 Å². The summed E-state index contributed by atoms with van der Waals surface area (Å²) in [6.45, 7) is 3.69. The third kappa shape index (κ3) is 3.95. The summed E-state index contributed by atoms with van der Waals surface area (Å²) in [5, 5.41) is 0. The van der Waals surface area contributed by atoms with E-state index in [0.717, 1.165) is 5.56 Å². The van der Waals surface area contributed by atoms with Gasteiger partial charge in [-0.2, -0.15) is 0 Å². The fourth-order valence-electron chi connectivity index (χ4n) is 3.73. The van der Waals surface area contributed by atoms with E-state index in [1.165, 1.54) is 4.90 Å². The Morgan fingerprint density at radius 2 is 2.04 bits per heavy atom. The van der Waals surface area contributed by atoms with Crippen LogP contribution in [0.25, 0.3) is 5.57 Å². The van der Waals surface area contributed by atoms with Gasteiger partial charge in [-0.3, -0.25) is 4.90 Å². The number of carbonyl (C=O) groups excluding carboxylic acids is 2. The molecule has 1 heterocycles. The number of allylic oxidation sites excluding steroid dienone is 4. The van der Waals surface area contributed by atoms with Crippen LogP contribution in [-0.2, 0) is 9.47 Å². The van der Waals surface area contributed by atoms with Crippen LogP contribution in [-0.4, -0.2) is 41.5 Å². The molecule has 28 heavy (non-hydrogen) atoms. The van der Waals surface area contributed by atoms with Crippen LogP contribution >= 0.6 is 0 Å². The van der Waals surface area contributed by atoms with Gasteiger partial charge in [-0.05, 0) is 25.5 Å². The predicted molar refractivity (Wildman–Crippen MR) is 102 cm³/mol. The van der Waals surface area contributed by atoms with Crippen LogP contribution in [0.2, 0.25) is 0 Å². The molecule has 4 N–H and O–H groups in total. The van der Waals surface area contributed by atoms with Gasteiger partial charge in [0.15, 0.2) is 5.67 Å². The molecule has 2 amide bonds. The Morgan fingerprint density at radius 1 is 1.36 bits per heavy atom. The van der Waals surface area contributed by atoms with Gasteiger partial charge in [0, 0.05) is 29.8 Å². The zero-order chi connectivity index (χ0) is 20.5. The second-order valence-corrected chi connectivity index (χ2v) is 7.59. The molecular formula is C20H24FN3O4. The van der Waals surface area contributed by atoms with E-state index in [4.69, 9.17) is 20.9 Å². The van der Waals surface area contributed by atoms with Gasteiger partial charge in [0.25, 0.3) is 0 Å². The minimum atomic E-state index is -2.02. The number of primary amides is 1. The number of nitrogens with two attached hydrogens (primary N) is 2. The SMILES string of the molecule is CC(C)(CC1(F)CC(N2CCOC2=O)=C(c2ccccc2)C=C1N)OC(N)=O. The molecule has 1 aromatic rings. The highest BCUT2D eigenvalue weighted by Gasteiger charge is 2.46. The third-order valence-corrected chi connectivity index (χ3v) is 4.83. The van der Waals surface area contributed by atoms with Crippen LogP contribution in [0.4, 0.5) is 14.0 Å². The lowest BCUT2D eigenvalue weighted by Gasteiger charge is -2.38. The van der Waals surface area contributed by atoms with Crippen molar-refractivity contribution in [1.82, 2.24) is 4.90 Å². The maximum absolute atomic E-state index is 16.0. The molecule has 7 nitrogen and oxygen atoms in total. The number of alkyl halides is 1. The van der Waals surface area contributed by atoms with E-state index in [9.17, 15) is 9.59 Å². The number of nitrogens with zero attached hydrogens (tertiary/aromatic N) is 1. The van der Waals surface area contributed by atoms with E-state index in [1.807, 2.05) is 30.3 Å². The number of cyclic esters (lactones) is 1. The summed E-state index contributed by atoms with van der Waals surface area (Å²) in [6, 6.07) is 9.31. The number of hydrogen-bond donors (Lipinski definition) is 2. The Hall–Kier alpha value is -3.03. The van der Waals surface area contributed by atoms with Gasteiger partial charge in [0.2, 0.25) is 0 Å². The number of benzene rings is 1. The zero-order valence-corrected chi connectivity index (χ0v) is 15.9. The van der Waals surface area contributed by atoms with Crippen molar-refractivity contribution < 1.29 is 23.5 Å². The molecule has 2 aliphatic rings. The molecule has 0 radical (unpaired) electrons. The molecule has 150 valence electrons. The van der Waals surface area contributed by atoms with Crippen molar-refractivity contribution in [3.63, 3.8) is 0 Å². The van der Waals surface area contributed by atoms with Crippen molar-refractivity contribution in [3.8, 4) is 0 Å². The highest BCUT2D eigenvalue weighted by atomic mass is 19.1. The lowest BCUT2D eigenvalue weighted by atomic mass is 9.79. The second-order valence-electron chi connectivity index (χ2n) is 7.59. The molecule has 0 spiro atoms. The lowest BCUT2D eigenvalue weighted by Crippen LogP contribution is -2.45. The highest BCUT2D eigenvalue weighted by molar-refractivity contribution is 5.83. The minimum Gasteiger partial charge on any atom is -0.447 e. The van der Waals surface area contributed by atoms with Crippen molar-refractivity contribution in [1.29, 1.82) is 0 Å². The van der Waals surface area contributed by atoms with Crippen molar-refractivity contribution in [3.05, 3.63) is 53.4 Å². The second kappa shape index (κ2) is 7.18. The molecule has 0 bridgehead atoms. The number of hydrogen-bond acceptors (Lipinski definition) is 5.